The Bertz CT molecular complexity index is 505. The van der Waals surface area contributed by atoms with Gasteiger partial charge in [0.2, 0.25) is 10.0 Å². The minimum absolute atomic E-state index is 0.115. The minimum atomic E-state index is -3.41. The fraction of sp³-hybridized carbons (Fsp3) is 0.636. The Hall–Kier alpha value is -0.430. The number of sulfonamides is 1. The van der Waals surface area contributed by atoms with E-state index < -0.39 is 10.0 Å². The topological polar surface area (TPSA) is 66.4 Å². The third kappa shape index (κ3) is 2.88. The van der Waals surface area contributed by atoms with Crippen LogP contribution in [0.1, 0.15) is 25.1 Å². The molecule has 1 unspecified atom stereocenters. The predicted molar refractivity (Wildman–Crippen MR) is 67.3 cm³/mol. The van der Waals surface area contributed by atoms with Crippen molar-refractivity contribution in [1.82, 2.24) is 4.72 Å². The van der Waals surface area contributed by atoms with Crippen molar-refractivity contribution in [2.24, 2.45) is 11.3 Å². The lowest BCUT2D eigenvalue weighted by Crippen LogP contribution is -2.26. The smallest absolute Gasteiger partial charge is 0.241 e. The van der Waals surface area contributed by atoms with Crippen LogP contribution in [0.25, 0.3) is 0 Å². The largest absolute Gasteiger partial charge is 0.391 e. The highest BCUT2D eigenvalue weighted by atomic mass is 32.2. The molecule has 0 aliphatic heterocycles. The summed E-state index contributed by atoms with van der Waals surface area (Å²) in [4.78, 5) is 0.919. The monoisotopic (exact) mass is 275 g/mol. The Labute approximate surface area is 106 Å². The summed E-state index contributed by atoms with van der Waals surface area (Å²) in [7, 11) is -3.41. The van der Waals surface area contributed by atoms with E-state index in [1.165, 1.54) is 17.4 Å². The zero-order valence-corrected chi connectivity index (χ0v) is 11.6. The van der Waals surface area contributed by atoms with Crippen LogP contribution in [0.2, 0.25) is 0 Å². The van der Waals surface area contributed by atoms with E-state index in [1.54, 1.807) is 5.38 Å². The molecule has 0 amide bonds. The number of aliphatic hydroxyl groups excluding tert-OH is 1. The summed E-state index contributed by atoms with van der Waals surface area (Å²) in [5.41, 5.74) is 0.271. The molecule has 1 atom stereocenters. The molecule has 2 rings (SSSR count). The standard InChI is InChI=1S/C11H17NO3S2/c1-11(2)4-8(11)5-12-17(14,15)10-3-9(6-13)16-7-10/h3,7-8,12-13H,4-6H2,1-2H3. The van der Waals surface area contributed by atoms with Crippen LogP contribution in [0.5, 0.6) is 0 Å². The van der Waals surface area contributed by atoms with Gasteiger partial charge in [-0.1, -0.05) is 13.8 Å². The summed E-state index contributed by atoms with van der Waals surface area (Å²) in [6.07, 6.45) is 1.07. The van der Waals surface area contributed by atoms with E-state index in [2.05, 4.69) is 18.6 Å². The molecular formula is C11H17NO3S2. The molecule has 1 saturated carbocycles. The summed E-state index contributed by atoms with van der Waals surface area (Å²) in [6, 6.07) is 1.52. The molecule has 1 aromatic heterocycles. The first-order chi connectivity index (χ1) is 7.85. The second kappa shape index (κ2) is 4.35. The maximum absolute atomic E-state index is 11.9. The van der Waals surface area contributed by atoms with Gasteiger partial charge in [-0.15, -0.1) is 11.3 Å². The molecule has 0 radical (unpaired) electrons. The molecule has 96 valence electrons. The van der Waals surface area contributed by atoms with E-state index >= 15 is 0 Å². The van der Waals surface area contributed by atoms with Gasteiger partial charge in [0.05, 0.1) is 11.5 Å². The number of nitrogens with one attached hydrogen (secondary N) is 1. The average molecular weight is 275 g/mol. The average Bonchev–Trinajstić information content (AvgIpc) is 2.68. The van der Waals surface area contributed by atoms with Crippen molar-refractivity contribution in [2.75, 3.05) is 6.54 Å². The SMILES string of the molecule is CC1(C)CC1CNS(=O)(=O)c1csc(CO)c1. The Morgan fingerprint density at radius 2 is 2.24 bits per heavy atom. The van der Waals surface area contributed by atoms with E-state index in [4.69, 9.17) is 5.11 Å². The van der Waals surface area contributed by atoms with Crippen molar-refractivity contribution in [3.8, 4) is 0 Å². The molecule has 1 heterocycles. The maximum Gasteiger partial charge on any atom is 0.241 e. The third-order valence-corrected chi connectivity index (χ3v) is 5.81. The van der Waals surface area contributed by atoms with Gasteiger partial charge in [-0.2, -0.15) is 0 Å². The fourth-order valence-electron chi connectivity index (χ4n) is 1.80. The van der Waals surface area contributed by atoms with Crippen molar-refractivity contribution in [1.29, 1.82) is 0 Å². The molecule has 0 spiro atoms. The van der Waals surface area contributed by atoms with Crippen molar-refractivity contribution in [3.63, 3.8) is 0 Å². The van der Waals surface area contributed by atoms with Gasteiger partial charge in [-0.05, 0) is 23.8 Å². The van der Waals surface area contributed by atoms with Crippen LogP contribution in [0.4, 0.5) is 0 Å². The van der Waals surface area contributed by atoms with Gasteiger partial charge in [-0.25, -0.2) is 13.1 Å². The molecule has 1 fully saturated rings. The normalized spacial score (nSPS) is 22.6. The lowest BCUT2D eigenvalue weighted by molar-refractivity contribution is 0.285. The van der Waals surface area contributed by atoms with E-state index in [0.717, 1.165) is 6.42 Å². The summed E-state index contributed by atoms with van der Waals surface area (Å²) < 4.78 is 26.5. The number of hydrogen-bond acceptors (Lipinski definition) is 4. The van der Waals surface area contributed by atoms with Crippen LogP contribution in [0.15, 0.2) is 16.3 Å². The third-order valence-electron chi connectivity index (χ3n) is 3.33. The molecule has 17 heavy (non-hydrogen) atoms. The first-order valence-electron chi connectivity index (χ1n) is 5.53. The van der Waals surface area contributed by atoms with Gasteiger partial charge in [0, 0.05) is 16.8 Å². The molecular weight excluding hydrogens is 258 g/mol. The van der Waals surface area contributed by atoms with Gasteiger partial charge >= 0.3 is 0 Å². The molecule has 4 nitrogen and oxygen atoms in total. The van der Waals surface area contributed by atoms with Crippen molar-refractivity contribution in [3.05, 3.63) is 16.3 Å². The molecule has 0 saturated heterocycles. The molecule has 2 N–H and O–H groups in total. The summed E-state index contributed by atoms with van der Waals surface area (Å²) in [5.74, 6) is 0.438. The van der Waals surface area contributed by atoms with Crippen LogP contribution >= 0.6 is 11.3 Å². The van der Waals surface area contributed by atoms with Crippen LogP contribution in [-0.2, 0) is 16.6 Å². The highest BCUT2D eigenvalue weighted by molar-refractivity contribution is 7.89. The number of rotatable bonds is 5. The summed E-state index contributed by atoms with van der Waals surface area (Å²) >= 11 is 1.26. The van der Waals surface area contributed by atoms with Crippen molar-refractivity contribution in [2.45, 2.75) is 31.8 Å². The summed E-state index contributed by atoms with van der Waals surface area (Å²) in [6.45, 7) is 4.66. The van der Waals surface area contributed by atoms with Crippen LogP contribution < -0.4 is 4.72 Å². The van der Waals surface area contributed by atoms with Crippen LogP contribution in [0, 0.1) is 11.3 Å². The van der Waals surface area contributed by atoms with Gasteiger partial charge in [0.25, 0.3) is 0 Å². The van der Waals surface area contributed by atoms with Crippen LogP contribution in [-0.4, -0.2) is 20.1 Å². The number of aliphatic hydroxyl groups is 1. The van der Waals surface area contributed by atoms with Gasteiger partial charge in [-0.3, -0.25) is 0 Å². The Morgan fingerprint density at radius 3 is 2.71 bits per heavy atom. The van der Waals surface area contributed by atoms with E-state index in [0.29, 0.717) is 17.3 Å². The second-order valence-electron chi connectivity index (χ2n) is 5.15. The fourth-order valence-corrected chi connectivity index (χ4v) is 4.02. The predicted octanol–water partition coefficient (Wildman–Crippen LogP) is 1.56. The van der Waals surface area contributed by atoms with E-state index in [9.17, 15) is 8.42 Å². The van der Waals surface area contributed by atoms with E-state index in [1.807, 2.05) is 0 Å². The van der Waals surface area contributed by atoms with Crippen molar-refractivity contribution < 1.29 is 13.5 Å². The highest BCUT2D eigenvalue weighted by Gasteiger charge is 2.45. The number of thiophene rings is 1. The highest BCUT2D eigenvalue weighted by Crippen LogP contribution is 2.51. The van der Waals surface area contributed by atoms with E-state index in [-0.39, 0.29) is 16.9 Å². The van der Waals surface area contributed by atoms with Gasteiger partial charge in [0.1, 0.15) is 0 Å². The Morgan fingerprint density at radius 1 is 1.59 bits per heavy atom. The molecule has 1 aliphatic rings. The van der Waals surface area contributed by atoms with Gasteiger partial charge in [0.15, 0.2) is 0 Å². The van der Waals surface area contributed by atoms with Gasteiger partial charge < -0.3 is 5.11 Å². The zero-order valence-electron chi connectivity index (χ0n) is 9.93. The lowest BCUT2D eigenvalue weighted by Gasteiger charge is -2.06. The zero-order chi connectivity index (χ0) is 12.7. The quantitative estimate of drug-likeness (QED) is 0.857. The molecule has 0 aromatic carbocycles. The Balaban J connectivity index is 1.99. The Kier molecular flexibility index (Phi) is 3.33. The van der Waals surface area contributed by atoms with Crippen LogP contribution in [0.3, 0.4) is 0 Å². The second-order valence-corrected chi connectivity index (χ2v) is 7.91. The molecule has 1 aliphatic carbocycles. The lowest BCUT2D eigenvalue weighted by atomic mass is 10.1. The minimum Gasteiger partial charge on any atom is -0.391 e. The summed E-state index contributed by atoms with van der Waals surface area (Å²) in [5, 5.41) is 10.5. The maximum atomic E-state index is 11.9. The molecule has 1 aromatic rings. The van der Waals surface area contributed by atoms with Crippen molar-refractivity contribution >= 4 is 21.4 Å². The molecule has 6 heteroatoms. The molecule has 0 bridgehead atoms. The number of hydrogen-bond donors (Lipinski definition) is 2. The first kappa shape index (κ1) is 13.0. The first-order valence-corrected chi connectivity index (χ1v) is 7.89.